The first-order valence-electron chi connectivity index (χ1n) is 9.39. The summed E-state index contributed by atoms with van der Waals surface area (Å²) in [6, 6.07) is 7.61. The number of nitrogens with zero attached hydrogens (tertiary/aromatic N) is 2. The third-order valence-electron chi connectivity index (χ3n) is 5.13. The quantitative estimate of drug-likeness (QED) is 0.850. The van der Waals surface area contributed by atoms with Crippen LogP contribution in [-0.2, 0) is 4.79 Å². The zero-order chi connectivity index (χ0) is 18.5. The number of nitrogens with one attached hydrogen (secondary N) is 2. The van der Waals surface area contributed by atoms with Crippen LogP contribution in [-0.4, -0.2) is 67.1 Å². The largest absolute Gasteiger partial charge is 0.493 e. The molecule has 2 unspecified atom stereocenters. The molecule has 2 aliphatic rings. The molecule has 0 aliphatic carbocycles. The summed E-state index contributed by atoms with van der Waals surface area (Å²) in [5.41, 5.74) is 1.04. The Labute approximate surface area is 154 Å². The van der Waals surface area contributed by atoms with E-state index < -0.39 is 0 Å². The lowest BCUT2D eigenvalue weighted by atomic mass is 10.00. The summed E-state index contributed by atoms with van der Waals surface area (Å²) in [6.07, 6.45) is 0.778. The molecule has 142 valence electrons. The standard InChI is InChI=1S/C19H28N4O3/c1-3-20-19(25)23-11-9-22(10-12-23)14(2)18(24)21-16-8-13-26-17-7-5-4-6-15(16)17/h4-7,14,16H,3,8-13H2,1-2H3,(H,20,25)(H,21,24). The second kappa shape index (κ2) is 8.40. The Kier molecular flexibility index (Phi) is 5.98. The van der Waals surface area contributed by atoms with Gasteiger partial charge < -0.3 is 20.3 Å². The fourth-order valence-electron chi connectivity index (χ4n) is 3.53. The number of urea groups is 1. The van der Waals surface area contributed by atoms with Gasteiger partial charge in [-0.25, -0.2) is 4.79 Å². The molecule has 1 fully saturated rings. The topological polar surface area (TPSA) is 73.9 Å². The van der Waals surface area contributed by atoms with Crippen LogP contribution in [0, 0.1) is 0 Å². The summed E-state index contributed by atoms with van der Waals surface area (Å²) in [7, 11) is 0. The summed E-state index contributed by atoms with van der Waals surface area (Å²) in [6.45, 7) is 7.78. The molecule has 26 heavy (non-hydrogen) atoms. The Hall–Kier alpha value is -2.28. The first kappa shape index (κ1) is 18.5. The lowest BCUT2D eigenvalue weighted by Gasteiger charge is -2.38. The van der Waals surface area contributed by atoms with Crippen molar-refractivity contribution >= 4 is 11.9 Å². The highest BCUT2D eigenvalue weighted by Crippen LogP contribution is 2.31. The van der Waals surface area contributed by atoms with Crippen molar-refractivity contribution in [2.45, 2.75) is 32.4 Å². The maximum atomic E-state index is 12.8. The first-order valence-corrected chi connectivity index (χ1v) is 9.39. The number of carbonyl (C=O) groups excluding carboxylic acids is 2. The van der Waals surface area contributed by atoms with Crippen molar-refractivity contribution in [2.24, 2.45) is 0 Å². The molecular formula is C19H28N4O3. The Morgan fingerprint density at radius 2 is 1.96 bits per heavy atom. The van der Waals surface area contributed by atoms with Gasteiger partial charge in [0.15, 0.2) is 0 Å². The molecule has 2 aliphatic heterocycles. The summed E-state index contributed by atoms with van der Waals surface area (Å²) < 4.78 is 5.66. The molecule has 2 heterocycles. The van der Waals surface area contributed by atoms with E-state index in [1.54, 1.807) is 4.90 Å². The van der Waals surface area contributed by atoms with Gasteiger partial charge in [-0.05, 0) is 19.9 Å². The number of para-hydroxylation sites is 1. The molecule has 1 aromatic rings. The van der Waals surface area contributed by atoms with E-state index in [0.29, 0.717) is 39.3 Å². The van der Waals surface area contributed by atoms with Crippen LogP contribution in [0.4, 0.5) is 4.79 Å². The average molecular weight is 360 g/mol. The maximum Gasteiger partial charge on any atom is 0.317 e. The van der Waals surface area contributed by atoms with Crippen molar-refractivity contribution in [3.05, 3.63) is 29.8 Å². The van der Waals surface area contributed by atoms with Crippen LogP contribution < -0.4 is 15.4 Å². The van der Waals surface area contributed by atoms with Crippen molar-refractivity contribution in [2.75, 3.05) is 39.3 Å². The van der Waals surface area contributed by atoms with Gasteiger partial charge in [-0.1, -0.05) is 18.2 Å². The molecular weight excluding hydrogens is 332 g/mol. The van der Waals surface area contributed by atoms with Crippen LogP contribution in [0.2, 0.25) is 0 Å². The van der Waals surface area contributed by atoms with Crippen LogP contribution in [0.3, 0.4) is 0 Å². The molecule has 3 amide bonds. The van der Waals surface area contributed by atoms with Crippen LogP contribution in [0.5, 0.6) is 5.75 Å². The minimum absolute atomic E-state index is 0.00785. The second-order valence-electron chi connectivity index (χ2n) is 6.77. The molecule has 1 aromatic carbocycles. The Morgan fingerprint density at radius 1 is 1.23 bits per heavy atom. The molecule has 0 bridgehead atoms. The summed E-state index contributed by atoms with van der Waals surface area (Å²) in [5.74, 6) is 0.880. The molecule has 0 radical (unpaired) electrons. The zero-order valence-electron chi connectivity index (χ0n) is 15.5. The second-order valence-corrected chi connectivity index (χ2v) is 6.77. The van der Waals surface area contributed by atoms with Gasteiger partial charge in [0.05, 0.1) is 18.7 Å². The van der Waals surface area contributed by atoms with E-state index in [1.807, 2.05) is 38.1 Å². The number of fused-ring (bicyclic) bond motifs is 1. The van der Waals surface area contributed by atoms with Crippen LogP contribution in [0.1, 0.15) is 31.9 Å². The molecule has 3 rings (SSSR count). The number of hydrogen-bond donors (Lipinski definition) is 2. The van der Waals surface area contributed by atoms with E-state index >= 15 is 0 Å². The Bertz CT molecular complexity index is 643. The average Bonchev–Trinajstić information content (AvgIpc) is 2.68. The highest BCUT2D eigenvalue weighted by atomic mass is 16.5. The van der Waals surface area contributed by atoms with Gasteiger partial charge in [0.2, 0.25) is 5.91 Å². The van der Waals surface area contributed by atoms with Gasteiger partial charge in [-0.15, -0.1) is 0 Å². The van der Waals surface area contributed by atoms with E-state index in [0.717, 1.165) is 17.7 Å². The molecule has 0 saturated carbocycles. The lowest BCUT2D eigenvalue weighted by molar-refractivity contribution is -0.127. The molecule has 0 spiro atoms. The third kappa shape index (κ3) is 4.09. The van der Waals surface area contributed by atoms with Crippen LogP contribution in [0.15, 0.2) is 24.3 Å². The van der Waals surface area contributed by atoms with E-state index in [1.165, 1.54) is 0 Å². The molecule has 7 heteroatoms. The number of ether oxygens (including phenoxy) is 1. The minimum Gasteiger partial charge on any atom is -0.493 e. The Morgan fingerprint density at radius 3 is 2.69 bits per heavy atom. The third-order valence-corrected chi connectivity index (χ3v) is 5.13. The van der Waals surface area contributed by atoms with E-state index in [9.17, 15) is 9.59 Å². The predicted molar refractivity (Wildman–Crippen MR) is 99.1 cm³/mol. The SMILES string of the molecule is CCNC(=O)N1CCN(C(C)C(=O)NC2CCOc3ccccc32)CC1. The molecule has 1 saturated heterocycles. The molecule has 7 nitrogen and oxygen atoms in total. The smallest absolute Gasteiger partial charge is 0.317 e. The molecule has 0 aromatic heterocycles. The van der Waals surface area contributed by atoms with Crippen LogP contribution >= 0.6 is 0 Å². The zero-order valence-corrected chi connectivity index (χ0v) is 15.5. The van der Waals surface area contributed by atoms with E-state index in [2.05, 4.69) is 15.5 Å². The Balaban J connectivity index is 1.54. The van der Waals surface area contributed by atoms with Crippen molar-refractivity contribution in [3.8, 4) is 5.75 Å². The number of rotatable bonds is 4. The maximum absolute atomic E-state index is 12.8. The predicted octanol–water partition coefficient (Wildman–Crippen LogP) is 1.36. The monoisotopic (exact) mass is 360 g/mol. The van der Waals surface area contributed by atoms with E-state index in [-0.39, 0.29) is 24.0 Å². The normalized spacial score (nSPS) is 21.3. The summed E-state index contributed by atoms with van der Waals surface area (Å²) in [4.78, 5) is 28.6. The van der Waals surface area contributed by atoms with Gasteiger partial charge >= 0.3 is 6.03 Å². The number of amides is 3. The van der Waals surface area contributed by atoms with E-state index in [4.69, 9.17) is 4.74 Å². The van der Waals surface area contributed by atoms with Gasteiger partial charge in [0.25, 0.3) is 0 Å². The van der Waals surface area contributed by atoms with Gasteiger partial charge in [-0.2, -0.15) is 0 Å². The first-order chi connectivity index (χ1) is 12.6. The van der Waals surface area contributed by atoms with Gasteiger partial charge in [-0.3, -0.25) is 9.69 Å². The summed E-state index contributed by atoms with van der Waals surface area (Å²) >= 11 is 0. The highest BCUT2D eigenvalue weighted by Gasteiger charge is 2.30. The highest BCUT2D eigenvalue weighted by molar-refractivity contribution is 5.82. The minimum atomic E-state index is -0.221. The number of piperazine rings is 1. The molecule has 2 N–H and O–H groups in total. The fraction of sp³-hybridized carbons (Fsp3) is 0.579. The number of benzene rings is 1. The van der Waals surface area contributed by atoms with Crippen molar-refractivity contribution in [1.29, 1.82) is 0 Å². The van der Waals surface area contributed by atoms with Gasteiger partial charge in [0.1, 0.15) is 5.75 Å². The lowest BCUT2D eigenvalue weighted by Crippen LogP contribution is -2.56. The van der Waals surface area contributed by atoms with Crippen molar-refractivity contribution in [3.63, 3.8) is 0 Å². The van der Waals surface area contributed by atoms with Gasteiger partial charge in [0, 0.05) is 44.7 Å². The van der Waals surface area contributed by atoms with Crippen molar-refractivity contribution < 1.29 is 14.3 Å². The van der Waals surface area contributed by atoms with Crippen molar-refractivity contribution in [1.82, 2.24) is 20.4 Å². The number of hydrogen-bond acceptors (Lipinski definition) is 4. The fourth-order valence-corrected chi connectivity index (χ4v) is 3.53. The number of carbonyl (C=O) groups is 2. The molecule has 2 atom stereocenters. The summed E-state index contributed by atoms with van der Waals surface area (Å²) in [5, 5.41) is 6.00. The van der Waals surface area contributed by atoms with Crippen LogP contribution in [0.25, 0.3) is 0 Å².